The number of rotatable bonds is 5. The van der Waals surface area contributed by atoms with Crippen LogP contribution in [0.4, 0.5) is 0 Å². The molecule has 3 rings (SSSR count). The largest absolute Gasteiger partial charge is 0.368 e. The number of carbonyl (C=O) groups excluding carboxylic acids is 1. The zero-order chi connectivity index (χ0) is 16.9. The molecule has 24 heavy (non-hydrogen) atoms. The van der Waals surface area contributed by atoms with Crippen molar-refractivity contribution in [1.82, 2.24) is 35.1 Å². The Morgan fingerprint density at radius 2 is 2.00 bits per heavy atom. The van der Waals surface area contributed by atoms with Crippen LogP contribution < -0.4 is 11.0 Å². The maximum atomic E-state index is 12.3. The van der Waals surface area contributed by atoms with E-state index in [9.17, 15) is 9.59 Å². The molecule has 3 aromatic rings. The third-order valence-corrected chi connectivity index (χ3v) is 3.26. The molecule has 0 aliphatic carbocycles. The van der Waals surface area contributed by atoms with Gasteiger partial charge in [-0.15, -0.1) is 0 Å². The van der Waals surface area contributed by atoms with Crippen LogP contribution in [-0.4, -0.2) is 41.7 Å². The second-order valence-corrected chi connectivity index (χ2v) is 5.16. The second kappa shape index (κ2) is 6.82. The van der Waals surface area contributed by atoms with Crippen molar-refractivity contribution in [3.8, 4) is 5.69 Å². The molecule has 0 fully saturated rings. The minimum absolute atomic E-state index is 0.192. The van der Waals surface area contributed by atoms with E-state index in [-0.39, 0.29) is 29.9 Å². The van der Waals surface area contributed by atoms with Gasteiger partial charge in [-0.3, -0.25) is 9.78 Å². The Morgan fingerprint density at radius 3 is 2.71 bits per heavy atom. The van der Waals surface area contributed by atoms with Crippen LogP contribution in [0.25, 0.3) is 5.69 Å². The van der Waals surface area contributed by atoms with Gasteiger partial charge in [-0.1, -0.05) is 18.2 Å². The van der Waals surface area contributed by atoms with Gasteiger partial charge in [0, 0.05) is 18.4 Å². The normalized spacial score (nSPS) is 11.9. The van der Waals surface area contributed by atoms with Crippen LogP contribution in [0.1, 0.15) is 17.4 Å². The van der Waals surface area contributed by atoms with E-state index in [0.29, 0.717) is 5.69 Å². The fourth-order valence-electron chi connectivity index (χ4n) is 2.14. The van der Waals surface area contributed by atoms with Crippen molar-refractivity contribution in [3.05, 3.63) is 65.1 Å². The van der Waals surface area contributed by atoms with Crippen molar-refractivity contribution in [2.24, 2.45) is 0 Å². The van der Waals surface area contributed by atoms with E-state index < -0.39 is 0 Å². The predicted octanol–water partition coefficient (Wildman–Crippen LogP) is 0.0375. The number of tetrazole rings is 1. The fraction of sp³-hybridized carbons (Fsp3) is 0.200. The van der Waals surface area contributed by atoms with Crippen LogP contribution in [0.3, 0.4) is 0 Å². The number of hydrogen-bond donors (Lipinski definition) is 1. The molecule has 1 amide bonds. The molecule has 1 N–H and O–H groups in total. The summed E-state index contributed by atoms with van der Waals surface area (Å²) in [6, 6.07) is 8.66. The second-order valence-electron chi connectivity index (χ2n) is 5.16. The quantitative estimate of drug-likeness (QED) is 0.709. The number of hydrogen-bond acceptors (Lipinski definition) is 6. The molecule has 0 aliphatic heterocycles. The van der Waals surface area contributed by atoms with Gasteiger partial charge in [0.15, 0.2) is 0 Å². The molecule has 0 aliphatic rings. The summed E-state index contributed by atoms with van der Waals surface area (Å²) in [5.41, 5.74) is 0.469. The maximum Gasteiger partial charge on any atom is 0.368 e. The summed E-state index contributed by atoms with van der Waals surface area (Å²) in [5, 5.41) is 10.5. The molecule has 0 bridgehead atoms. The third-order valence-electron chi connectivity index (χ3n) is 3.26. The summed E-state index contributed by atoms with van der Waals surface area (Å²) >= 11 is 0. The molecule has 2 aromatic heterocycles. The molecular formula is C15H15N7O2. The Bertz CT molecular complexity index is 874. The fourth-order valence-corrected chi connectivity index (χ4v) is 2.14. The summed E-state index contributed by atoms with van der Waals surface area (Å²) in [7, 11) is 0. The van der Waals surface area contributed by atoms with Gasteiger partial charge in [-0.25, -0.2) is 9.78 Å². The van der Waals surface area contributed by atoms with Gasteiger partial charge >= 0.3 is 5.69 Å². The van der Waals surface area contributed by atoms with Crippen molar-refractivity contribution in [3.63, 3.8) is 0 Å². The molecule has 0 saturated carbocycles. The van der Waals surface area contributed by atoms with Gasteiger partial charge in [0.1, 0.15) is 5.69 Å². The predicted molar refractivity (Wildman–Crippen MR) is 84.6 cm³/mol. The number of amides is 1. The highest BCUT2D eigenvalue weighted by molar-refractivity contribution is 5.92. The molecular weight excluding hydrogens is 310 g/mol. The van der Waals surface area contributed by atoms with Gasteiger partial charge in [0.2, 0.25) is 0 Å². The first kappa shape index (κ1) is 15.5. The lowest BCUT2D eigenvalue weighted by Gasteiger charge is -2.12. The van der Waals surface area contributed by atoms with Crippen LogP contribution in [0.2, 0.25) is 0 Å². The third kappa shape index (κ3) is 3.35. The van der Waals surface area contributed by atoms with Crippen molar-refractivity contribution in [2.75, 3.05) is 0 Å². The minimum Gasteiger partial charge on any atom is -0.346 e. The van der Waals surface area contributed by atoms with Gasteiger partial charge < -0.3 is 5.32 Å². The first-order valence-electron chi connectivity index (χ1n) is 7.30. The van der Waals surface area contributed by atoms with E-state index in [1.54, 1.807) is 19.1 Å². The average molecular weight is 325 g/mol. The lowest BCUT2D eigenvalue weighted by Crippen LogP contribution is -2.39. The Hall–Kier alpha value is -3.36. The summed E-state index contributed by atoms with van der Waals surface area (Å²) < 4.78 is 2.41. The lowest BCUT2D eigenvalue weighted by molar-refractivity contribution is 0.0930. The van der Waals surface area contributed by atoms with Crippen molar-refractivity contribution in [1.29, 1.82) is 0 Å². The van der Waals surface area contributed by atoms with Crippen LogP contribution in [-0.2, 0) is 6.54 Å². The lowest BCUT2D eigenvalue weighted by atomic mass is 10.3. The number of nitrogens with one attached hydrogen (secondary N) is 1. The average Bonchev–Trinajstić information content (AvgIpc) is 2.97. The van der Waals surface area contributed by atoms with E-state index >= 15 is 0 Å². The van der Waals surface area contributed by atoms with E-state index in [2.05, 4.69) is 25.7 Å². The highest BCUT2D eigenvalue weighted by atomic mass is 16.2. The first-order valence-corrected chi connectivity index (χ1v) is 7.30. The smallest absolute Gasteiger partial charge is 0.346 e. The Balaban J connectivity index is 1.69. The summed E-state index contributed by atoms with van der Waals surface area (Å²) in [4.78, 5) is 32.1. The zero-order valence-electron chi connectivity index (χ0n) is 12.9. The number of para-hydroxylation sites is 1. The van der Waals surface area contributed by atoms with Gasteiger partial charge in [-0.2, -0.15) is 9.36 Å². The minimum atomic E-state index is -0.373. The number of carbonyl (C=O) groups is 1. The standard InChI is InChI=1S/C15H15N7O2/c1-11(18-14(23)13-9-16-7-8-17-13)10-21-15(24)22(20-19-21)12-5-3-2-4-6-12/h2-9,11H,10H2,1H3,(H,18,23)/t11-/m0/s1. The van der Waals surface area contributed by atoms with E-state index in [1.165, 1.54) is 28.0 Å². The number of aromatic nitrogens is 6. The topological polar surface area (TPSA) is 108 Å². The van der Waals surface area contributed by atoms with Crippen molar-refractivity contribution >= 4 is 5.91 Å². The molecule has 122 valence electrons. The monoisotopic (exact) mass is 325 g/mol. The van der Waals surface area contributed by atoms with Crippen molar-refractivity contribution in [2.45, 2.75) is 19.5 Å². The maximum absolute atomic E-state index is 12.3. The summed E-state index contributed by atoms with van der Waals surface area (Å²) in [5.74, 6) is -0.362. The van der Waals surface area contributed by atoms with Crippen LogP contribution in [0.5, 0.6) is 0 Å². The van der Waals surface area contributed by atoms with Gasteiger partial charge in [0.25, 0.3) is 5.91 Å². The van der Waals surface area contributed by atoms with Crippen molar-refractivity contribution < 1.29 is 4.79 Å². The van der Waals surface area contributed by atoms with E-state index in [4.69, 9.17) is 0 Å². The molecule has 0 unspecified atom stereocenters. The van der Waals surface area contributed by atoms with Crippen LogP contribution >= 0.6 is 0 Å². The van der Waals surface area contributed by atoms with Gasteiger partial charge in [0.05, 0.1) is 18.4 Å². The highest BCUT2D eigenvalue weighted by Gasteiger charge is 2.15. The molecule has 0 spiro atoms. The van der Waals surface area contributed by atoms with Gasteiger partial charge in [-0.05, 0) is 29.5 Å². The SMILES string of the molecule is C[C@@H](Cn1nnn(-c2ccccc2)c1=O)NC(=O)c1cnccn1. The molecule has 0 radical (unpaired) electrons. The first-order chi connectivity index (χ1) is 11.6. The molecule has 9 nitrogen and oxygen atoms in total. The zero-order valence-corrected chi connectivity index (χ0v) is 12.9. The Morgan fingerprint density at radius 1 is 1.21 bits per heavy atom. The molecule has 1 aromatic carbocycles. The van der Waals surface area contributed by atoms with E-state index in [0.717, 1.165) is 0 Å². The molecule has 0 saturated heterocycles. The number of benzene rings is 1. The Labute approximate surface area is 137 Å². The van der Waals surface area contributed by atoms with Crippen LogP contribution in [0, 0.1) is 0 Å². The highest BCUT2D eigenvalue weighted by Crippen LogP contribution is 2.01. The van der Waals surface area contributed by atoms with Crippen LogP contribution in [0.15, 0.2) is 53.7 Å². The molecule has 1 atom stereocenters. The number of nitrogens with zero attached hydrogens (tertiary/aromatic N) is 6. The molecule has 9 heteroatoms. The summed E-state index contributed by atoms with van der Waals surface area (Å²) in [6.07, 6.45) is 4.30. The van der Waals surface area contributed by atoms with E-state index in [1.807, 2.05) is 18.2 Å². The molecule has 2 heterocycles. The Kier molecular flexibility index (Phi) is 4.41. The summed E-state index contributed by atoms with van der Waals surface area (Å²) in [6.45, 7) is 1.96.